The highest BCUT2D eigenvalue weighted by Gasteiger charge is 2.21. The van der Waals surface area contributed by atoms with Gasteiger partial charge >= 0.3 is 0 Å². The fourth-order valence-corrected chi connectivity index (χ4v) is 2.03. The van der Waals surface area contributed by atoms with Gasteiger partial charge < -0.3 is 5.32 Å². The molecule has 0 spiro atoms. The highest BCUT2D eigenvalue weighted by atomic mass is 16.6. The lowest BCUT2D eigenvalue weighted by molar-refractivity contribution is -0.384. The standard InChI is InChI=1S/C14H16N4O3/c1-9-4-5-12(13(8-9)18(20)21)16-14(19)11(3)17-10(2)6-7-15-17/h4-8,11H,1-3H3,(H,16,19). The third-order valence-corrected chi connectivity index (χ3v) is 3.22. The van der Waals surface area contributed by atoms with Crippen molar-refractivity contribution in [1.29, 1.82) is 0 Å². The van der Waals surface area contributed by atoms with Crippen molar-refractivity contribution in [3.63, 3.8) is 0 Å². The minimum Gasteiger partial charge on any atom is -0.319 e. The smallest absolute Gasteiger partial charge is 0.293 e. The van der Waals surface area contributed by atoms with Crippen LogP contribution in [0.4, 0.5) is 11.4 Å². The average Bonchev–Trinajstić information content (AvgIpc) is 2.85. The van der Waals surface area contributed by atoms with Crippen LogP contribution in [0.1, 0.15) is 24.2 Å². The van der Waals surface area contributed by atoms with E-state index in [0.717, 1.165) is 11.3 Å². The second kappa shape index (κ2) is 5.74. The molecule has 0 aliphatic rings. The summed E-state index contributed by atoms with van der Waals surface area (Å²) in [6.07, 6.45) is 1.60. The largest absolute Gasteiger partial charge is 0.319 e. The maximum atomic E-state index is 12.2. The number of nitrogens with zero attached hydrogens (tertiary/aromatic N) is 3. The van der Waals surface area contributed by atoms with E-state index in [2.05, 4.69) is 10.4 Å². The second-order valence-corrected chi connectivity index (χ2v) is 4.86. The molecule has 0 saturated heterocycles. The van der Waals surface area contributed by atoms with Crippen LogP contribution in [-0.2, 0) is 4.79 Å². The van der Waals surface area contributed by atoms with Crippen molar-refractivity contribution >= 4 is 17.3 Å². The molecular weight excluding hydrogens is 272 g/mol. The number of carbonyl (C=O) groups excluding carboxylic acids is 1. The van der Waals surface area contributed by atoms with E-state index in [4.69, 9.17) is 0 Å². The summed E-state index contributed by atoms with van der Waals surface area (Å²) < 4.78 is 1.56. The van der Waals surface area contributed by atoms with Crippen LogP contribution < -0.4 is 5.32 Å². The number of benzene rings is 1. The molecule has 7 nitrogen and oxygen atoms in total. The molecule has 7 heteroatoms. The Morgan fingerprint density at radius 3 is 2.67 bits per heavy atom. The van der Waals surface area contributed by atoms with Crippen LogP contribution in [0.3, 0.4) is 0 Å². The normalized spacial score (nSPS) is 12.0. The molecule has 1 N–H and O–H groups in total. The van der Waals surface area contributed by atoms with E-state index in [1.54, 1.807) is 36.9 Å². The Labute approximate surface area is 121 Å². The molecule has 1 aromatic heterocycles. The van der Waals surface area contributed by atoms with Crippen molar-refractivity contribution in [3.8, 4) is 0 Å². The van der Waals surface area contributed by atoms with E-state index in [0.29, 0.717) is 0 Å². The van der Waals surface area contributed by atoms with Crippen molar-refractivity contribution < 1.29 is 9.72 Å². The number of rotatable bonds is 4. The molecule has 1 heterocycles. The first kappa shape index (κ1) is 14.7. The maximum absolute atomic E-state index is 12.2. The van der Waals surface area contributed by atoms with Crippen molar-refractivity contribution in [1.82, 2.24) is 9.78 Å². The van der Waals surface area contributed by atoms with Crippen LogP contribution in [0.25, 0.3) is 0 Å². The van der Waals surface area contributed by atoms with Crippen LogP contribution >= 0.6 is 0 Å². The average molecular weight is 288 g/mol. The molecule has 1 atom stereocenters. The molecule has 110 valence electrons. The van der Waals surface area contributed by atoms with Crippen molar-refractivity contribution in [3.05, 3.63) is 51.8 Å². The fraction of sp³-hybridized carbons (Fsp3) is 0.286. The molecule has 0 aliphatic heterocycles. The van der Waals surface area contributed by atoms with Crippen LogP contribution in [0.5, 0.6) is 0 Å². The number of aromatic nitrogens is 2. The zero-order valence-electron chi connectivity index (χ0n) is 12.0. The molecule has 21 heavy (non-hydrogen) atoms. The number of nitro benzene ring substituents is 1. The number of hydrogen-bond acceptors (Lipinski definition) is 4. The lowest BCUT2D eigenvalue weighted by atomic mass is 10.2. The number of nitro groups is 1. The van der Waals surface area contributed by atoms with Crippen LogP contribution in [0, 0.1) is 24.0 Å². The predicted molar refractivity (Wildman–Crippen MR) is 78.1 cm³/mol. The third-order valence-electron chi connectivity index (χ3n) is 3.22. The molecular formula is C14H16N4O3. The second-order valence-electron chi connectivity index (χ2n) is 4.86. The predicted octanol–water partition coefficient (Wildman–Crippen LogP) is 2.61. The van der Waals surface area contributed by atoms with Crippen molar-refractivity contribution in [2.75, 3.05) is 5.32 Å². The number of nitrogens with one attached hydrogen (secondary N) is 1. The third kappa shape index (κ3) is 3.07. The molecule has 0 bridgehead atoms. The molecule has 1 aromatic carbocycles. The van der Waals surface area contributed by atoms with Gasteiger partial charge in [0.25, 0.3) is 5.69 Å². The minimum absolute atomic E-state index is 0.118. The van der Waals surface area contributed by atoms with Gasteiger partial charge in [0.05, 0.1) is 4.92 Å². The molecule has 1 unspecified atom stereocenters. The Balaban J connectivity index is 2.24. The quantitative estimate of drug-likeness (QED) is 0.691. The van der Waals surface area contributed by atoms with Crippen LogP contribution in [-0.4, -0.2) is 20.6 Å². The van der Waals surface area contributed by atoms with Gasteiger partial charge in [-0.15, -0.1) is 0 Å². The summed E-state index contributed by atoms with van der Waals surface area (Å²) in [5, 5.41) is 17.7. The Kier molecular flexibility index (Phi) is 4.02. The summed E-state index contributed by atoms with van der Waals surface area (Å²) >= 11 is 0. The van der Waals surface area contributed by atoms with E-state index in [1.807, 2.05) is 6.92 Å². The van der Waals surface area contributed by atoms with Gasteiger partial charge in [0, 0.05) is 18.0 Å². The van der Waals surface area contributed by atoms with Gasteiger partial charge in [0.15, 0.2) is 0 Å². The summed E-state index contributed by atoms with van der Waals surface area (Å²) in [7, 11) is 0. The summed E-state index contributed by atoms with van der Waals surface area (Å²) in [6, 6.07) is 5.92. The van der Waals surface area contributed by atoms with Crippen molar-refractivity contribution in [2.45, 2.75) is 26.8 Å². The number of carbonyl (C=O) groups is 1. The SMILES string of the molecule is Cc1ccc(NC(=O)C(C)n2nccc2C)c([N+](=O)[O-])c1. The lowest BCUT2D eigenvalue weighted by Gasteiger charge is -2.14. The fourth-order valence-electron chi connectivity index (χ4n) is 2.03. The monoisotopic (exact) mass is 288 g/mol. The van der Waals surface area contributed by atoms with E-state index in [9.17, 15) is 14.9 Å². The summed E-state index contributed by atoms with van der Waals surface area (Å²) in [5.41, 5.74) is 1.67. The maximum Gasteiger partial charge on any atom is 0.293 e. The number of aryl methyl sites for hydroxylation is 2. The van der Waals surface area contributed by atoms with Gasteiger partial charge in [-0.3, -0.25) is 19.6 Å². The Bertz CT molecular complexity index is 693. The molecule has 2 rings (SSSR count). The van der Waals surface area contributed by atoms with E-state index in [1.165, 1.54) is 12.1 Å². The van der Waals surface area contributed by atoms with Crippen LogP contribution in [0.2, 0.25) is 0 Å². The van der Waals surface area contributed by atoms with E-state index < -0.39 is 11.0 Å². The molecule has 0 radical (unpaired) electrons. The molecule has 0 saturated carbocycles. The van der Waals surface area contributed by atoms with Gasteiger partial charge in [-0.05, 0) is 38.5 Å². The number of hydrogen-bond donors (Lipinski definition) is 1. The Morgan fingerprint density at radius 2 is 2.10 bits per heavy atom. The van der Waals surface area contributed by atoms with Gasteiger partial charge in [0.1, 0.15) is 11.7 Å². The van der Waals surface area contributed by atoms with Gasteiger partial charge in [-0.2, -0.15) is 5.10 Å². The van der Waals surface area contributed by atoms with E-state index >= 15 is 0 Å². The summed E-state index contributed by atoms with van der Waals surface area (Å²) in [4.78, 5) is 22.8. The zero-order chi connectivity index (χ0) is 15.6. The number of anilines is 1. The molecule has 1 amide bonds. The summed E-state index contributed by atoms with van der Waals surface area (Å²) in [6.45, 7) is 5.29. The molecule has 0 aliphatic carbocycles. The van der Waals surface area contributed by atoms with Crippen molar-refractivity contribution in [2.24, 2.45) is 0 Å². The first-order chi connectivity index (χ1) is 9.90. The Hall–Kier alpha value is -2.70. The molecule has 0 fully saturated rings. The van der Waals surface area contributed by atoms with Gasteiger partial charge in [-0.25, -0.2) is 0 Å². The lowest BCUT2D eigenvalue weighted by Crippen LogP contribution is -2.25. The first-order valence-electron chi connectivity index (χ1n) is 6.46. The van der Waals surface area contributed by atoms with E-state index in [-0.39, 0.29) is 17.3 Å². The molecule has 2 aromatic rings. The Morgan fingerprint density at radius 1 is 1.38 bits per heavy atom. The zero-order valence-corrected chi connectivity index (χ0v) is 12.0. The van der Waals surface area contributed by atoms with Crippen LogP contribution in [0.15, 0.2) is 30.5 Å². The highest BCUT2D eigenvalue weighted by Crippen LogP contribution is 2.26. The highest BCUT2D eigenvalue weighted by molar-refractivity contribution is 5.95. The minimum atomic E-state index is -0.555. The van der Waals surface area contributed by atoms with Gasteiger partial charge in [0.2, 0.25) is 5.91 Å². The summed E-state index contributed by atoms with van der Waals surface area (Å²) in [5.74, 6) is -0.353. The number of amides is 1. The van der Waals surface area contributed by atoms with Gasteiger partial charge in [-0.1, -0.05) is 6.07 Å². The first-order valence-corrected chi connectivity index (χ1v) is 6.46. The topological polar surface area (TPSA) is 90.1 Å².